The predicted octanol–water partition coefficient (Wildman–Crippen LogP) is 4.47. The lowest BCUT2D eigenvalue weighted by molar-refractivity contribution is -0.141. The average molecular weight is 538 g/mol. The molecule has 0 bridgehead atoms. The third kappa shape index (κ3) is 9.08. The number of hydrogen-bond donors (Lipinski definition) is 1. The van der Waals surface area contributed by atoms with E-state index in [9.17, 15) is 24.0 Å². The van der Waals surface area contributed by atoms with E-state index in [0.717, 1.165) is 11.4 Å². The Labute approximate surface area is 231 Å². The SMILES string of the molecule is Cc1cc(CCC(=O)C(=O)[C@@H](CC(=O)[C@H](C)NC(=O)[C@@H](CC(=O)c2ccccc2)C(C)(C)C)C(C)C)n(C)n1. The van der Waals surface area contributed by atoms with Crippen LogP contribution in [0.1, 0.15) is 82.6 Å². The van der Waals surface area contributed by atoms with Crippen LogP contribution in [0.3, 0.4) is 0 Å². The lowest BCUT2D eigenvalue weighted by Crippen LogP contribution is -2.46. The van der Waals surface area contributed by atoms with Crippen molar-refractivity contribution in [2.24, 2.45) is 30.2 Å². The summed E-state index contributed by atoms with van der Waals surface area (Å²) in [5.74, 6) is -3.57. The summed E-state index contributed by atoms with van der Waals surface area (Å²) in [4.78, 5) is 64.9. The van der Waals surface area contributed by atoms with Crippen molar-refractivity contribution in [2.75, 3.05) is 0 Å². The van der Waals surface area contributed by atoms with Gasteiger partial charge in [0.05, 0.1) is 17.7 Å². The van der Waals surface area contributed by atoms with E-state index in [1.807, 2.05) is 53.7 Å². The fraction of sp³-hybridized carbons (Fsp3) is 0.548. The first-order valence-corrected chi connectivity index (χ1v) is 13.6. The van der Waals surface area contributed by atoms with Gasteiger partial charge in [-0.05, 0) is 37.7 Å². The van der Waals surface area contributed by atoms with Gasteiger partial charge in [-0.2, -0.15) is 5.10 Å². The molecule has 1 aromatic heterocycles. The Balaban J connectivity index is 2.03. The molecule has 8 heteroatoms. The van der Waals surface area contributed by atoms with Crippen LogP contribution in [0, 0.1) is 30.1 Å². The standard InChI is InChI=1S/C31H43N3O5/c1-19(2)24(29(38)26(35)15-14-23-16-20(3)33-34(23)8)17-27(36)21(4)32-30(39)25(31(5,6)7)18-28(37)22-12-10-9-11-13-22/h9-13,16,19,21,24-25H,14-15,17-18H2,1-8H3,(H,32,39)/t21-,24-,25+/m0/s1. The molecule has 3 atom stereocenters. The molecule has 0 aliphatic rings. The topological polar surface area (TPSA) is 115 Å². The van der Waals surface area contributed by atoms with E-state index in [2.05, 4.69) is 10.4 Å². The van der Waals surface area contributed by atoms with Crippen LogP contribution in [0.2, 0.25) is 0 Å². The van der Waals surface area contributed by atoms with Gasteiger partial charge in [0.25, 0.3) is 0 Å². The minimum atomic E-state index is -0.865. The lowest BCUT2D eigenvalue weighted by atomic mass is 9.76. The summed E-state index contributed by atoms with van der Waals surface area (Å²) in [6, 6.07) is 9.82. The third-order valence-electron chi connectivity index (χ3n) is 7.23. The van der Waals surface area contributed by atoms with Crippen LogP contribution in [0.15, 0.2) is 36.4 Å². The molecule has 1 heterocycles. The van der Waals surface area contributed by atoms with Gasteiger partial charge in [-0.3, -0.25) is 28.7 Å². The number of ketones is 4. The average Bonchev–Trinajstić information content (AvgIpc) is 3.19. The fourth-order valence-corrected chi connectivity index (χ4v) is 4.61. The normalized spacial score (nSPS) is 14.0. The Morgan fingerprint density at radius 1 is 0.974 bits per heavy atom. The number of rotatable bonds is 14. The second-order valence-corrected chi connectivity index (χ2v) is 11.9. The van der Waals surface area contributed by atoms with Crippen molar-refractivity contribution < 1.29 is 24.0 Å². The summed E-state index contributed by atoms with van der Waals surface area (Å²) in [6.45, 7) is 12.7. The second-order valence-electron chi connectivity index (χ2n) is 11.9. The number of aromatic nitrogens is 2. The van der Waals surface area contributed by atoms with Gasteiger partial charge in [0.1, 0.15) is 0 Å². The molecule has 212 valence electrons. The van der Waals surface area contributed by atoms with Crippen molar-refractivity contribution in [3.63, 3.8) is 0 Å². The number of nitrogens with zero attached hydrogens (tertiary/aromatic N) is 2. The number of nitrogens with one attached hydrogen (secondary N) is 1. The Morgan fingerprint density at radius 3 is 2.10 bits per heavy atom. The summed E-state index contributed by atoms with van der Waals surface area (Å²) in [5, 5.41) is 7.02. The molecular formula is C31H43N3O5. The molecule has 0 saturated heterocycles. The van der Waals surface area contributed by atoms with E-state index in [0.29, 0.717) is 12.0 Å². The first kappa shape index (κ1) is 31.8. The van der Waals surface area contributed by atoms with Crippen LogP contribution in [0.4, 0.5) is 0 Å². The number of Topliss-reactive ketones (excluding diaryl/α,β-unsaturated/α-hetero) is 4. The van der Waals surface area contributed by atoms with Crippen LogP contribution < -0.4 is 5.32 Å². The van der Waals surface area contributed by atoms with Gasteiger partial charge in [-0.15, -0.1) is 0 Å². The van der Waals surface area contributed by atoms with Crippen molar-refractivity contribution in [1.29, 1.82) is 0 Å². The van der Waals surface area contributed by atoms with Gasteiger partial charge in [0.2, 0.25) is 11.7 Å². The number of amides is 1. The highest BCUT2D eigenvalue weighted by Gasteiger charge is 2.36. The molecule has 2 aromatic rings. The van der Waals surface area contributed by atoms with Gasteiger partial charge in [0, 0.05) is 43.5 Å². The molecule has 39 heavy (non-hydrogen) atoms. The van der Waals surface area contributed by atoms with Crippen LogP contribution in [0.25, 0.3) is 0 Å². The first-order chi connectivity index (χ1) is 18.1. The largest absolute Gasteiger partial charge is 0.346 e. The van der Waals surface area contributed by atoms with E-state index >= 15 is 0 Å². The van der Waals surface area contributed by atoms with Gasteiger partial charge in [-0.1, -0.05) is 65.0 Å². The van der Waals surface area contributed by atoms with Crippen molar-refractivity contribution in [3.05, 3.63) is 53.3 Å². The van der Waals surface area contributed by atoms with E-state index in [1.165, 1.54) is 0 Å². The number of benzene rings is 1. The lowest BCUT2D eigenvalue weighted by Gasteiger charge is -2.30. The Bertz CT molecular complexity index is 1190. The zero-order chi connectivity index (χ0) is 29.5. The van der Waals surface area contributed by atoms with Gasteiger partial charge < -0.3 is 5.32 Å². The van der Waals surface area contributed by atoms with E-state index in [1.54, 1.807) is 42.9 Å². The highest BCUT2D eigenvalue weighted by Crippen LogP contribution is 2.30. The van der Waals surface area contributed by atoms with E-state index in [4.69, 9.17) is 0 Å². The Hall–Kier alpha value is -3.42. The fourth-order valence-electron chi connectivity index (χ4n) is 4.61. The summed E-state index contributed by atoms with van der Waals surface area (Å²) in [5.41, 5.74) is 1.71. The smallest absolute Gasteiger partial charge is 0.224 e. The molecular weight excluding hydrogens is 494 g/mol. The monoisotopic (exact) mass is 537 g/mol. The zero-order valence-corrected chi connectivity index (χ0v) is 24.5. The maximum Gasteiger partial charge on any atom is 0.224 e. The van der Waals surface area contributed by atoms with Crippen molar-refractivity contribution >= 4 is 29.0 Å². The molecule has 2 rings (SSSR count). The van der Waals surface area contributed by atoms with Gasteiger partial charge in [-0.25, -0.2) is 0 Å². The quantitative estimate of drug-likeness (QED) is 0.281. The molecule has 1 N–H and O–H groups in total. The molecule has 8 nitrogen and oxygen atoms in total. The number of carbonyl (C=O) groups excluding carboxylic acids is 5. The minimum Gasteiger partial charge on any atom is -0.346 e. The maximum absolute atomic E-state index is 13.2. The maximum atomic E-state index is 13.2. The van der Waals surface area contributed by atoms with Gasteiger partial charge in [0.15, 0.2) is 17.3 Å². The zero-order valence-electron chi connectivity index (χ0n) is 24.5. The molecule has 0 radical (unpaired) electrons. The molecule has 0 aliphatic heterocycles. The highest BCUT2D eigenvalue weighted by molar-refractivity contribution is 6.38. The van der Waals surface area contributed by atoms with Crippen molar-refractivity contribution in [2.45, 2.75) is 80.2 Å². The molecule has 0 unspecified atom stereocenters. The van der Waals surface area contributed by atoms with Gasteiger partial charge >= 0.3 is 0 Å². The van der Waals surface area contributed by atoms with Crippen molar-refractivity contribution in [1.82, 2.24) is 15.1 Å². The number of aryl methyl sites for hydroxylation is 3. The molecule has 0 fully saturated rings. The molecule has 1 amide bonds. The molecule has 0 spiro atoms. The summed E-state index contributed by atoms with van der Waals surface area (Å²) in [6.07, 6.45) is 0.308. The first-order valence-electron chi connectivity index (χ1n) is 13.6. The Morgan fingerprint density at radius 2 is 1.59 bits per heavy atom. The van der Waals surface area contributed by atoms with Crippen LogP contribution in [-0.2, 0) is 32.6 Å². The highest BCUT2D eigenvalue weighted by atomic mass is 16.2. The minimum absolute atomic E-state index is 0.0120. The van der Waals surface area contributed by atoms with Crippen LogP contribution in [-0.4, -0.2) is 44.9 Å². The summed E-state index contributed by atoms with van der Waals surface area (Å²) in [7, 11) is 1.79. The van der Waals surface area contributed by atoms with Crippen LogP contribution >= 0.6 is 0 Å². The number of hydrogen-bond acceptors (Lipinski definition) is 6. The van der Waals surface area contributed by atoms with E-state index in [-0.39, 0.29) is 42.7 Å². The molecule has 1 aromatic carbocycles. The summed E-state index contributed by atoms with van der Waals surface area (Å²) >= 11 is 0. The number of carbonyl (C=O) groups is 5. The second kappa shape index (κ2) is 13.6. The van der Waals surface area contributed by atoms with Crippen molar-refractivity contribution in [3.8, 4) is 0 Å². The summed E-state index contributed by atoms with van der Waals surface area (Å²) < 4.78 is 1.69. The third-order valence-corrected chi connectivity index (χ3v) is 7.23. The Kier molecular flexibility index (Phi) is 11.1. The van der Waals surface area contributed by atoms with E-state index < -0.39 is 34.9 Å². The van der Waals surface area contributed by atoms with Crippen LogP contribution in [0.5, 0.6) is 0 Å². The predicted molar refractivity (Wildman–Crippen MR) is 150 cm³/mol. The molecule has 0 saturated carbocycles. The molecule has 0 aliphatic carbocycles.